The first kappa shape index (κ1) is 17.4. The Labute approximate surface area is 147 Å². The third kappa shape index (κ3) is 3.64. The number of sulfonamides is 1. The molecule has 0 radical (unpaired) electrons. The molecule has 0 unspecified atom stereocenters. The molecule has 0 fully saturated rings. The Kier molecular flexibility index (Phi) is 5.00. The van der Waals surface area contributed by atoms with E-state index in [0.717, 1.165) is 17.7 Å². The van der Waals surface area contributed by atoms with Gasteiger partial charge in [0, 0.05) is 25.0 Å². The van der Waals surface area contributed by atoms with Crippen molar-refractivity contribution in [3.8, 4) is 5.69 Å². The van der Waals surface area contributed by atoms with Crippen molar-refractivity contribution in [2.75, 3.05) is 0 Å². The second-order valence-electron chi connectivity index (χ2n) is 5.75. The van der Waals surface area contributed by atoms with Gasteiger partial charge in [-0.15, -0.1) is 0 Å². The van der Waals surface area contributed by atoms with E-state index in [0.29, 0.717) is 6.54 Å². The summed E-state index contributed by atoms with van der Waals surface area (Å²) in [6, 6.07) is 10.5. The highest BCUT2D eigenvalue weighted by Gasteiger charge is 2.23. The van der Waals surface area contributed by atoms with Crippen LogP contribution in [0.3, 0.4) is 0 Å². The van der Waals surface area contributed by atoms with E-state index < -0.39 is 16.1 Å². The first-order valence-corrected chi connectivity index (χ1v) is 9.64. The molecular weight excluding hydrogens is 338 g/mol. The van der Waals surface area contributed by atoms with E-state index in [9.17, 15) is 8.42 Å². The number of aromatic nitrogens is 4. The Hall–Kier alpha value is -2.45. The van der Waals surface area contributed by atoms with Gasteiger partial charge in [0.05, 0.1) is 11.9 Å². The van der Waals surface area contributed by atoms with E-state index >= 15 is 0 Å². The summed E-state index contributed by atoms with van der Waals surface area (Å²) in [4.78, 5) is 0. The first-order valence-electron chi connectivity index (χ1n) is 8.16. The quantitative estimate of drug-likeness (QED) is 0.703. The Morgan fingerprint density at radius 2 is 1.92 bits per heavy atom. The van der Waals surface area contributed by atoms with Crippen LogP contribution in [-0.4, -0.2) is 28.0 Å². The molecule has 2 aromatic heterocycles. The number of nitrogens with zero attached hydrogens (tertiary/aromatic N) is 4. The van der Waals surface area contributed by atoms with Gasteiger partial charge < -0.3 is 0 Å². The molecule has 2 heterocycles. The van der Waals surface area contributed by atoms with Crippen molar-refractivity contribution in [3.63, 3.8) is 0 Å². The average molecular weight is 359 g/mol. The van der Waals surface area contributed by atoms with Gasteiger partial charge in [0.2, 0.25) is 0 Å². The second kappa shape index (κ2) is 7.20. The summed E-state index contributed by atoms with van der Waals surface area (Å²) in [5.74, 6) is 0. The molecule has 0 aliphatic rings. The number of aryl methyl sites for hydroxylation is 1. The van der Waals surface area contributed by atoms with Crippen LogP contribution < -0.4 is 4.72 Å². The Morgan fingerprint density at radius 1 is 1.12 bits per heavy atom. The highest BCUT2D eigenvalue weighted by molar-refractivity contribution is 7.89. The number of hydrogen-bond donors (Lipinski definition) is 1. The molecule has 25 heavy (non-hydrogen) atoms. The molecule has 0 saturated heterocycles. The normalized spacial score (nSPS) is 13.0. The fourth-order valence-corrected chi connectivity index (χ4v) is 4.13. The van der Waals surface area contributed by atoms with E-state index in [-0.39, 0.29) is 5.03 Å². The number of rotatable bonds is 7. The summed E-state index contributed by atoms with van der Waals surface area (Å²) in [6.07, 6.45) is 5.83. The zero-order valence-electron chi connectivity index (χ0n) is 14.2. The van der Waals surface area contributed by atoms with Crippen LogP contribution >= 0.6 is 0 Å². The Balaban J connectivity index is 1.90. The molecule has 1 atom stereocenters. The number of hydrogen-bond acceptors (Lipinski definition) is 4. The molecule has 1 N–H and O–H groups in total. The number of benzene rings is 1. The molecule has 3 rings (SSSR count). The van der Waals surface area contributed by atoms with Gasteiger partial charge in [-0.25, -0.2) is 17.8 Å². The van der Waals surface area contributed by atoms with Gasteiger partial charge in [-0.3, -0.25) is 4.68 Å². The largest absolute Gasteiger partial charge is 0.258 e. The Morgan fingerprint density at radius 3 is 2.64 bits per heavy atom. The third-order valence-electron chi connectivity index (χ3n) is 3.87. The van der Waals surface area contributed by atoms with Crippen LogP contribution in [0, 0.1) is 0 Å². The Bertz CT molecular complexity index is 932. The van der Waals surface area contributed by atoms with Crippen molar-refractivity contribution in [2.24, 2.45) is 0 Å². The molecule has 132 valence electrons. The highest BCUT2D eigenvalue weighted by Crippen LogP contribution is 2.23. The SMILES string of the molecule is CCCn1nccc1S(=O)(=O)N[C@H](C)c1ccccc1-n1cccn1. The summed E-state index contributed by atoms with van der Waals surface area (Å²) >= 11 is 0. The topological polar surface area (TPSA) is 81.8 Å². The van der Waals surface area contributed by atoms with Crippen molar-refractivity contribution in [1.82, 2.24) is 24.3 Å². The fraction of sp³-hybridized carbons (Fsp3) is 0.294. The van der Waals surface area contributed by atoms with Crippen LogP contribution in [0.15, 0.2) is 60.0 Å². The predicted octanol–water partition coefficient (Wildman–Crippen LogP) is 2.52. The van der Waals surface area contributed by atoms with E-state index in [1.165, 1.54) is 16.9 Å². The minimum Gasteiger partial charge on any atom is -0.253 e. The van der Waals surface area contributed by atoms with Crippen LogP contribution in [0.25, 0.3) is 5.69 Å². The second-order valence-corrected chi connectivity index (χ2v) is 7.41. The summed E-state index contributed by atoms with van der Waals surface area (Å²) in [5, 5.41) is 8.51. The monoisotopic (exact) mass is 359 g/mol. The van der Waals surface area contributed by atoms with E-state index in [4.69, 9.17) is 0 Å². The molecule has 0 amide bonds. The van der Waals surface area contributed by atoms with Gasteiger partial charge >= 0.3 is 0 Å². The summed E-state index contributed by atoms with van der Waals surface area (Å²) in [5.41, 5.74) is 1.68. The molecule has 1 aromatic carbocycles. The maximum absolute atomic E-state index is 12.8. The smallest absolute Gasteiger partial charge is 0.253 e. The third-order valence-corrected chi connectivity index (χ3v) is 5.44. The van der Waals surface area contributed by atoms with E-state index in [2.05, 4.69) is 14.9 Å². The standard InChI is InChI=1S/C17H21N5O2S/c1-3-12-22-17(9-11-19-22)25(23,24)20-14(2)15-7-4-5-8-16(15)21-13-6-10-18-21/h4-11,13-14,20H,3,12H2,1-2H3/t14-/m1/s1. The first-order chi connectivity index (χ1) is 12.0. The molecule has 0 aliphatic heterocycles. The molecule has 0 saturated carbocycles. The molecule has 3 aromatic rings. The zero-order valence-corrected chi connectivity index (χ0v) is 15.0. The fourth-order valence-electron chi connectivity index (χ4n) is 2.76. The number of para-hydroxylation sites is 1. The molecule has 0 spiro atoms. The highest BCUT2D eigenvalue weighted by atomic mass is 32.2. The minimum atomic E-state index is -3.68. The summed E-state index contributed by atoms with van der Waals surface area (Å²) in [7, 11) is -3.68. The molecule has 8 heteroatoms. The van der Waals surface area contributed by atoms with Gasteiger partial charge in [-0.05, 0) is 37.1 Å². The van der Waals surface area contributed by atoms with Crippen molar-refractivity contribution in [1.29, 1.82) is 0 Å². The van der Waals surface area contributed by atoms with Gasteiger partial charge in [0.15, 0.2) is 5.03 Å². The summed E-state index contributed by atoms with van der Waals surface area (Å²) < 4.78 is 31.5. The van der Waals surface area contributed by atoms with Crippen molar-refractivity contribution in [2.45, 2.75) is 37.9 Å². The van der Waals surface area contributed by atoms with E-state index in [1.807, 2.05) is 50.4 Å². The van der Waals surface area contributed by atoms with Crippen LogP contribution in [0.4, 0.5) is 0 Å². The lowest BCUT2D eigenvalue weighted by Crippen LogP contribution is -2.29. The molecule has 7 nitrogen and oxygen atoms in total. The lowest BCUT2D eigenvalue weighted by atomic mass is 10.1. The van der Waals surface area contributed by atoms with E-state index in [1.54, 1.807) is 10.9 Å². The molecule has 0 aliphatic carbocycles. The maximum atomic E-state index is 12.8. The van der Waals surface area contributed by atoms with Gasteiger partial charge in [-0.1, -0.05) is 25.1 Å². The number of nitrogens with one attached hydrogen (secondary N) is 1. The van der Waals surface area contributed by atoms with Crippen LogP contribution in [-0.2, 0) is 16.6 Å². The molecular formula is C17H21N5O2S. The average Bonchev–Trinajstić information content (AvgIpc) is 3.26. The van der Waals surface area contributed by atoms with Crippen molar-refractivity contribution >= 4 is 10.0 Å². The van der Waals surface area contributed by atoms with Gasteiger partial charge in [-0.2, -0.15) is 10.2 Å². The lowest BCUT2D eigenvalue weighted by Gasteiger charge is -2.18. The van der Waals surface area contributed by atoms with Gasteiger partial charge in [0.1, 0.15) is 0 Å². The predicted molar refractivity (Wildman–Crippen MR) is 94.8 cm³/mol. The molecule has 0 bridgehead atoms. The maximum Gasteiger partial charge on any atom is 0.258 e. The zero-order chi connectivity index (χ0) is 17.9. The van der Waals surface area contributed by atoms with Crippen LogP contribution in [0.2, 0.25) is 0 Å². The van der Waals surface area contributed by atoms with Crippen LogP contribution in [0.1, 0.15) is 31.9 Å². The van der Waals surface area contributed by atoms with Crippen molar-refractivity contribution in [3.05, 3.63) is 60.6 Å². The lowest BCUT2D eigenvalue weighted by molar-refractivity contribution is 0.517. The van der Waals surface area contributed by atoms with Crippen molar-refractivity contribution < 1.29 is 8.42 Å². The van der Waals surface area contributed by atoms with Crippen LogP contribution in [0.5, 0.6) is 0 Å². The minimum absolute atomic E-state index is 0.178. The van der Waals surface area contributed by atoms with Gasteiger partial charge in [0.25, 0.3) is 10.0 Å². The summed E-state index contributed by atoms with van der Waals surface area (Å²) in [6.45, 7) is 4.36.